The summed E-state index contributed by atoms with van der Waals surface area (Å²) in [5.41, 5.74) is 0.966. The summed E-state index contributed by atoms with van der Waals surface area (Å²) in [6, 6.07) is 7.17. The zero-order valence-corrected chi connectivity index (χ0v) is 14.3. The number of piperidine rings is 1. The summed E-state index contributed by atoms with van der Waals surface area (Å²) < 4.78 is 24.6. The van der Waals surface area contributed by atoms with E-state index < -0.39 is 10.0 Å². The van der Waals surface area contributed by atoms with Crippen molar-refractivity contribution < 1.29 is 13.2 Å². The van der Waals surface area contributed by atoms with Gasteiger partial charge in [-0.05, 0) is 37.5 Å². The fraction of sp³-hybridized carbons (Fsp3) is 0.533. The molecule has 0 aromatic heterocycles. The molecule has 1 heterocycles. The summed E-state index contributed by atoms with van der Waals surface area (Å²) in [5, 5.41) is 3.61. The number of nitrogens with one attached hydrogen (secondary N) is 1. The molecule has 1 aliphatic heterocycles. The third kappa shape index (κ3) is 4.44. The van der Waals surface area contributed by atoms with E-state index in [-0.39, 0.29) is 24.4 Å². The first-order valence-corrected chi connectivity index (χ1v) is 9.51. The Morgan fingerprint density at radius 2 is 2.00 bits per heavy atom. The molecule has 0 aliphatic carbocycles. The van der Waals surface area contributed by atoms with Crippen LogP contribution in [0, 0.1) is 5.92 Å². The van der Waals surface area contributed by atoms with Crippen molar-refractivity contribution in [2.45, 2.75) is 25.8 Å². The second-order valence-corrected chi connectivity index (χ2v) is 8.16. The van der Waals surface area contributed by atoms with E-state index in [2.05, 4.69) is 5.32 Å². The molecule has 0 bridgehead atoms. The minimum absolute atomic E-state index is 0.101. The highest BCUT2D eigenvalue weighted by molar-refractivity contribution is 7.88. The summed E-state index contributed by atoms with van der Waals surface area (Å²) in [5.74, 6) is -0.394. The van der Waals surface area contributed by atoms with Crippen molar-refractivity contribution in [2.75, 3.05) is 19.3 Å². The Balaban J connectivity index is 1.98. The second-order valence-electron chi connectivity index (χ2n) is 5.74. The average Bonchev–Trinajstić information content (AvgIpc) is 2.47. The molecule has 5 nitrogen and oxygen atoms in total. The number of hydrogen-bond acceptors (Lipinski definition) is 3. The van der Waals surface area contributed by atoms with Crippen molar-refractivity contribution in [3.8, 4) is 0 Å². The first-order chi connectivity index (χ1) is 10.3. The number of benzene rings is 1. The van der Waals surface area contributed by atoms with Gasteiger partial charge in [0.25, 0.3) is 0 Å². The van der Waals surface area contributed by atoms with Crippen LogP contribution in [-0.4, -0.2) is 38.0 Å². The molecule has 0 unspecified atom stereocenters. The molecule has 0 saturated carbocycles. The molecular formula is C15H21ClN2O3S. The summed E-state index contributed by atoms with van der Waals surface area (Å²) in [4.78, 5) is 12.4. The highest BCUT2D eigenvalue weighted by Gasteiger charge is 2.30. The molecule has 2 rings (SSSR count). The van der Waals surface area contributed by atoms with Gasteiger partial charge in [-0.15, -0.1) is 0 Å². The van der Waals surface area contributed by atoms with E-state index in [1.807, 2.05) is 19.1 Å². The summed E-state index contributed by atoms with van der Waals surface area (Å²) in [6.07, 6.45) is 2.61. The third-order valence-electron chi connectivity index (χ3n) is 3.95. The van der Waals surface area contributed by atoms with Gasteiger partial charge in [-0.2, -0.15) is 0 Å². The number of carbonyl (C=O) groups is 1. The van der Waals surface area contributed by atoms with Crippen LogP contribution in [0.15, 0.2) is 24.3 Å². The largest absolute Gasteiger partial charge is 0.349 e. The third-order valence-corrected chi connectivity index (χ3v) is 5.47. The van der Waals surface area contributed by atoms with Crippen LogP contribution in [0.5, 0.6) is 0 Å². The maximum atomic E-state index is 12.4. The normalized spacial score (nSPS) is 21.3. The van der Waals surface area contributed by atoms with Gasteiger partial charge >= 0.3 is 0 Å². The SMILES string of the molecule is C[C@H](NC(=O)[C@@H]1CCCN(S(C)(=O)=O)C1)c1ccc(Cl)cc1. The highest BCUT2D eigenvalue weighted by Crippen LogP contribution is 2.21. The highest BCUT2D eigenvalue weighted by atomic mass is 35.5. The molecule has 122 valence electrons. The Morgan fingerprint density at radius 1 is 1.36 bits per heavy atom. The minimum Gasteiger partial charge on any atom is -0.349 e. The average molecular weight is 345 g/mol. The predicted molar refractivity (Wildman–Crippen MR) is 87.2 cm³/mol. The second kappa shape index (κ2) is 6.98. The molecule has 1 aromatic rings. The first kappa shape index (κ1) is 17.2. The Labute approximate surface area is 136 Å². The number of nitrogens with zero attached hydrogens (tertiary/aromatic N) is 1. The van der Waals surface area contributed by atoms with Crippen molar-refractivity contribution in [3.63, 3.8) is 0 Å². The zero-order chi connectivity index (χ0) is 16.3. The lowest BCUT2D eigenvalue weighted by molar-refractivity contribution is -0.126. The number of sulfonamides is 1. The van der Waals surface area contributed by atoms with Gasteiger partial charge in [0, 0.05) is 18.1 Å². The lowest BCUT2D eigenvalue weighted by Gasteiger charge is -2.30. The topological polar surface area (TPSA) is 66.5 Å². The van der Waals surface area contributed by atoms with Gasteiger partial charge in [-0.3, -0.25) is 4.79 Å². The molecule has 1 aliphatic rings. The smallest absolute Gasteiger partial charge is 0.224 e. The van der Waals surface area contributed by atoms with Crippen molar-refractivity contribution in [2.24, 2.45) is 5.92 Å². The van der Waals surface area contributed by atoms with Crippen LogP contribution in [0.25, 0.3) is 0 Å². The maximum absolute atomic E-state index is 12.4. The molecule has 1 fully saturated rings. The molecule has 0 spiro atoms. The molecule has 7 heteroatoms. The van der Waals surface area contributed by atoms with Crippen LogP contribution in [0.3, 0.4) is 0 Å². The molecule has 1 amide bonds. The number of carbonyl (C=O) groups excluding carboxylic acids is 1. The van der Waals surface area contributed by atoms with Gasteiger partial charge in [-0.1, -0.05) is 23.7 Å². The molecular weight excluding hydrogens is 324 g/mol. The van der Waals surface area contributed by atoms with Crippen LogP contribution >= 0.6 is 11.6 Å². The van der Waals surface area contributed by atoms with Gasteiger partial charge in [0.1, 0.15) is 0 Å². The Hall–Kier alpha value is -1.11. The minimum atomic E-state index is -3.24. The van der Waals surface area contributed by atoms with Crippen molar-refractivity contribution in [1.82, 2.24) is 9.62 Å². The van der Waals surface area contributed by atoms with E-state index >= 15 is 0 Å². The first-order valence-electron chi connectivity index (χ1n) is 7.28. The molecule has 2 atom stereocenters. The van der Waals surface area contributed by atoms with E-state index in [9.17, 15) is 13.2 Å². The van der Waals surface area contributed by atoms with E-state index in [1.165, 1.54) is 10.6 Å². The van der Waals surface area contributed by atoms with Gasteiger partial charge in [0.15, 0.2) is 0 Å². The van der Waals surface area contributed by atoms with Gasteiger partial charge in [0.2, 0.25) is 15.9 Å². The van der Waals surface area contributed by atoms with Crippen LogP contribution in [0.4, 0.5) is 0 Å². The van der Waals surface area contributed by atoms with Gasteiger partial charge in [-0.25, -0.2) is 12.7 Å². The Morgan fingerprint density at radius 3 is 2.59 bits per heavy atom. The van der Waals surface area contributed by atoms with Crippen LogP contribution in [0.1, 0.15) is 31.4 Å². The lowest BCUT2D eigenvalue weighted by atomic mass is 9.98. The summed E-state index contributed by atoms with van der Waals surface area (Å²) in [7, 11) is -3.24. The monoisotopic (exact) mass is 344 g/mol. The van der Waals surface area contributed by atoms with E-state index in [1.54, 1.807) is 12.1 Å². The fourth-order valence-electron chi connectivity index (χ4n) is 2.62. The molecule has 1 N–H and O–H groups in total. The summed E-state index contributed by atoms with van der Waals surface area (Å²) >= 11 is 5.85. The molecule has 1 saturated heterocycles. The van der Waals surface area contributed by atoms with E-state index in [4.69, 9.17) is 11.6 Å². The van der Waals surface area contributed by atoms with Crippen molar-refractivity contribution in [1.29, 1.82) is 0 Å². The van der Waals surface area contributed by atoms with Crippen LogP contribution in [-0.2, 0) is 14.8 Å². The molecule has 1 aromatic carbocycles. The standard InChI is InChI=1S/C15H21ClN2O3S/c1-11(12-5-7-14(16)8-6-12)17-15(19)13-4-3-9-18(10-13)22(2,20)21/h5-8,11,13H,3-4,9-10H2,1-2H3,(H,17,19)/t11-,13+/m0/s1. The van der Waals surface area contributed by atoms with Crippen LogP contribution in [0.2, 0.25) is 5.02 Å². The lowest BCUT2D eigenvalue weighted by Crippen LogP contribution is -2.45. The van der Waals surface area contributed by atoms with Crippen molar-refractivity contribution in [3.05, 3.63) is 34.9 Å². The van der Waals surface area contributed by atoms with Gasteiger partial charge in [0.05, 0.1) is 18.2 Å². The van der Waals surface area contributed by atoms with E-state index in [0.29, 0.717) is 24.4 Å². The Kier molecular flexibility index (Phi) is 5.47. The quantitative estimate of drug-likeness (QED) is 0.910. The number of hydrogen-bond donors (Lipinski definition) is 1. The van der Waals surface area contributed by atoms with Crippen LogP contribution < -0.4 is 5.32 Å². The summed E-state index contributed by atoms with van der Waals surface area (Å²) in [6.45, 7) is 2.66. The van der Waals surface area contributed by atoms with Gasteiger partial charge < -0.3 is 5.32 Å². The van der Waals surface area contributed by atoms with Crippen molar-refractivity contribution >= 4 is 27.5 Å². The molecule has 22 heavy (non-hydrogen) atoms. The number of amides is 1. The number of rotatable bonds is 4. The Bertz CT molecular complexity index is 631. The fourth-order valence-corrected chi connectivity index (χ4v) is 3.66. The number of halogens is 1. The maximum Gasteiger partial charge on any atom is 0.224 e. The predicted octanol–water partition coefficient (Wildman–Crippen LogP) is 2.19. The zero-order valence-electron chi connectivity index (χ0n) is 12.8. The van der Waals surface area contributed by atoms with E-state index in [0.717, 1.165) is 5.56 Å². The molecule has 0 radical (unpaired) electrons.